The van der Waals surface area contributed by atoms with E-state index in [2.05, 4.69) is 15.7 Å². The zero-order chi connectivity index (χ0) is 14.5. The van der Waals surface area contributed by atoms with Gasteiger partial charge in [-0.15, -0.1) is 0 Å². The quantitative estimate of drug-likeness (QED) is 0.441. The van der Waals surface area contributed by atoms with Crippen LogP contribution in [-0.4, -0.2) is 15.8 Å². The number of nitrogen functional groups attached to an aromatic ring is 1. The fourth-order valence-electron chi connectivity index (χ4n) is 1.68. The van der Waals surface area contributed by atoms with Crippen molar-refractivity contribution >= 4 is 23.0 Å². The number of nitrogens with zero attached hydrogens (tertiary/aromatic N) is 2. The molecule has 0 aliphatic carbocycles. The standard InChI is InChI=1S/C12H11N5O3/c13-16-10-5-1-4-9(11(10)17(19)20)12(18)15-8-3-2-6-14-7-8/h1-7,16H,13H2,(H,15,18). The molecule has 0 atom stereocenters. The van der Waals surface area contributed by atoms with Gasteiger partial charge in [-0.3, -0.25) is 25.7 Å². The second-order valence-electron chi connectivity index (χ2n) is 3.80. The number of nitrogens with two attached hydrogens (primary N) is 1. The number of nitro groups is 1. The summed E-state index contributed by atoms with van der Waals surface area (Å²) in [7, 11) is 0. The summed E-state index contributed by atoms with van der Waals surface area (Å²) in [5.74, 6) is 4.60. The van der Waals surface area contributed by atoms with E-state index in [1.165, 1.54) is 24.4 Å². The number of benzene rings is 1. The van der Waals surface area contributed by atoms with Crippen LogP contribution in [0.5, 0.6) is 0 Å². The van der Waals surface area contributed by atoms with Crippen LogP contribution in [-0.2, 0) is 0 Å². The lowest BCUT2D eigenvalue weighted by Gasteiger charge is -2.08. The number of nitrogens with one attached hydrogen (secondary N) is 2. The fraction of sp³-hybridized carbons (Fsp3) is 0. The third kappa shape index (κ3) is 2.70. The smallest absolute Gasteiger partial charge is 0.306 e. The molecular formula is C12H11N5O3. The first-order valence-corrected chi connectivity index (χ1v) is 5.59. The number of carbonyl (C=O) groups excluding carboxylic acids is 1. The molecule has 4 N–H and O–H groups in total. The Balaban J connectivity index is 2.37. The van der Waals surface area contributed by atoms with E-state index in [-0.39, 0.29) is 16.9 Å². The van der Waals surface area contributed by atoms with Crippen LogP contribution < -0.4 is 16.6 Å². The molecule has 1 aromatic heterocycles. The molecule has 0 spiro atoms. The molecule has 0 saturated carbocycles. The summed E-state index contributed by atoms with van der Waals surface area (Å²) in [5.41, 5.74) is 2.24. The zero-order valence-electron chi connectivity index (χ0n) is 10.2. The molecule has 0 unspecified atom stereocenters. The maximum absolute atomic E-state index is 12.1. The Kier molecular flexibility index (Phi) is 3.87. The lowest BCUT2D eigenvalue weighted by molar-refractivity contribution is -0.384. The average Bonchev–Trinajstić information content (AvgIpc) is 2.47. The van der Waals surface area contributed by atoms with Crippen LogP contribution in [0.1, 0.15) is 10.4 Å². The summed E-state index contributed by atoms with van der Waals surface area (Å²) in [5, 5.41) is 13.6. The van der Waals surface area contributed by atoms with Crippen LogP contribution in [0, 0.1) is 10.1 Å². The van der Waals surface area contributed by atoms with Gasteiger partial charge >= 0.3 is 5.69 Å². The summed E-state index contributed by atoms with van der Waals surface area (Å²) in [6, 6.07) is 7.54. The third-order valence-corrected chi connectivity index (χ3v) is 2.54. The van der Waals surface area contributed by atoms with Crippen LogP contribution in [0.15, 0.2) is 42.7 Å². The molecule has 0 bridgehead atoms. The predicted octanol–water partition coefficient (Wildman–Crippen LogP) is 1.53. The van der Waals surface area contributed by atoms with E-state index < -0.39 is 10.8 Å². The van der Waals surface area contributed by atoms with Crippen molar-refractivity contribution in [1.82, 2.24) is 4.98 Å². The van der Waals surface area contributed by atoms with Crippen molar-refractivity contribution in [2.75, 3.05) is 10.7 Å². The molecule has 1 amide bonds. The second kappa shape index (κ2) is 5.76. The molecule has 8 nitrogen and oxygen atoms in total. The Morgan fingerprint density at radius 1 is 1.30 bits per heavy atom. The van der Waals surface area contributed by atoms with E-state index in [0.717, 1.165) is 0 Å². The van der Waals surface area contributed by atoms with Crippen molar-refractivity contribution in [2.45, 2.75) is 0 Å². The fourth-order valence-corrected chi connectivity index (χ4v) is 1.68. The number of hydrazine groups is 1. The highest BCUT2D eigenvalue weighted by Crippen LogP contribution is 2.28. The summed E-state index contributed by atoms with van der Waals surface area (Å²) in [6.07, 6.45) is 2.99. The highest BCUT2D eigenvalue weighted by molar-refractivity contribution is 6.08. The number of hydrogen-bond donors (Lipinski definition) is 3. The van der Waals surface area contributed by atoms with E-state index in [1.807, 2.05) is 0 Å². The molecule has 0 aliphatic heterocycles. The molecule has 0 radical (unpaired) electrons. The van der Waals surface area contributed by atoms with E-state index >= 15 is 0 Å². The van der Waals surface area contributed by atoms with Gasteiger partial charge in [0.15, 0.2) is 0 Å². The molecule has 0 fully saturated rings. The number of para-hydroxylation sites is 1. The average molecular weight is 273 g/mol. The monoisotopic (exact) mass is 273 g/mol. The molecule has 1 aromatic carbocycles. The van der Waals surface area contributed by atoms with Gasteiger partial charge in [-0.25, -0.2) is 0 Å². The first-order valence-electron chi connectivity index (χ1n) is 5.59. The number of aromatic nitrogens is 1. The summed E-state index contributed by atoms with van der Waals surface area (Å²) >= 11 is 0. The van der Waals surface area contributed by atoms with Gasteiger partial charge in [-0.1, -0.05) is 6.07 Å². The van der Waals surface area contributed by atoms with Crippen molar-refractivity contribution in [3.05, 3.63) is 58.4 Å². The lowest BCUT2D eigenvalue weighted by atomic mass is 10.1. The van der Waals surface area contributed by atoms with Crippen LogP contribution in [0.4, 0.5) is 17.1 Å². The van der Waals surface area contributed by atoms with Gasteiger partial charge in [0.1, 0.15) is 11.3 Å². The Morgan fingerprint density at radius 2 is 2.10 bits per heavy atom. The molecule has 1 heterocycles. The number of amides is 1. The van der Waals surface area contributed by atoms with Crippen molar-refractivity contribution in [3.8, 4) is 0 Å². The minimum absolute atomic E-state index is 0.0637. The lowest BCUT2D eigenvalue weighted by Crippen LogP contribution is -2.16. The largest absolute Gasteiger partial charge is 0.320 e. The minimum Gasteiger partial charge on any atom is -0.320 e. The van der Waals surface area contributed by atoms with Crippen LogP contribution >= 0.6 is 0 Å². The van der Waals surface area contributed by atoms with Gasteiger partial charge in [-0.2, -0.15) is 0 Å². The second-order valence-corrected chi connectivity index (χ2v) is 3.80. The highest BCUT2D eigenvalue weighted by atomic mass is 16.6. The van der Waals surface area contributed by atoms with Gasteiger partial charge in [0.05, 0.1) is 16.8 Å². The summed E-state index contributed by atoms with van der Waals surface area (Å²) < 4.78 is 0. The molecule has 2 rings (SSSR count). The summed E-state index contributed by atoms with van der Waals surface area (Å²) in [6.45, 7) is 0. The molecule has 0 aliphatic rings. The van der Waals surface area contributed by atoms with Gasteiger partial charge in [0.25, 0.3) is 5.91 Å². The molecular weight excluding hydrogens is 262 g/mol. The van der Waals surface area contributed by atoms with E-state index in [4.69, 9.17) is 5.84 Å². The van der Waals surface area contributed by atoms with E-state index in [0.29, 0.717) is 5.69 Å². The van der Waals surface area contributed by atoms with Gasteiger partial charge < -0.3 is 10.7 Å². The maximum Gasteiger partial charge on any atom is 0.306 e. The van der Waals surface area contributed by atoms with E-state index in [9.17, 15) is 14.9 Å². The van der Waals surface area contributed by atoms with Crippen molar-refractivity contribution in [3.63, 3.8) is 0 Å². The predicted molar refractivity (Wildman–Crippen MR) is 73.1 cm³/mol. The van der Waals surface area contributed by atoms with Crippen LogP contribution in [0.3, 0.4) is 0 Å². The van der Waals surface area contributed by atoms with E-state index in [1.54, 1.807) is 18.3 Å². The number of nitro benzene ring substituents is 1. The number of anilines is 2. The Morgan fingerprint density at radius 3 is 2.70 bits per heavy atom. The van der Waals surface area contributed by atoms with Crippen molar-refractivity contribution in [1.29, 1.82) is 0 Å². The SMILES string of the molecule is NNc1cccc(C(=O)Nc2cccnc2)c1[N+](=O)[O-]. The van der Waals surface area contributed by atoms with Crippen molar-refractivity contribution < 1.29 is 9.72 Å². The Bertz CT molecular complexity index is 645. The number of carbonyl (C=O) groups is 1. The Labute approximate surface area is 113 Å². The zero-order valence-corrected chi connectivity index (χ0v) is 10.2. The third-order valence-electron chi connectivity index (χ3n) is 2.54. The number of rotatable bonds is 4. The van der Waals surface area contributed by atoms with Gasteiger partial charge in [0, 0.05) is 6.20 Å². The molecule has 0 saturated heterocycles. The normalized spacial score (nSPS) is 9.85. The van der Waals surface area contributed by atoms with Gasteiger partial charge in [-0.05, 0) is 24.3 Å². The Hall–Kier alpha value is -3.00. The molecule has 2 aromatic rings. The summed E-state index contributed by atoms with van der Waals surface area (Å²) in [4.78, 5) is 26.4. The number of pyridine rings is 1. The first-order chi connectivity index (χ1) is 9.63. The van der Waals surface area contributed by atoms with Gasteiger partial charge in [0.2, 0.25) is 0 Å². The molecule has 20 heavy (non-hydrogen) atoms. The number of hydrogen-bond acceptors (Lipinski definition) is 6. The first kappa shape index (κ1) is 13.4. The molecule has 102 valence electrons. The van der Waals surface area contributed by atoms with Crippen LogP contribution in [0.2, 0.25) is 0 Å². The highest BCUT2D eigenvalue weighted by Gasteiger charge is 2.24. The van der Waals surface area contributed by atoms with Crippen molar-refractivity contribution in [2.24, 2.45) is 5.84 Å². The molecule has 8 heteroatoms. The topological polar surface area (TPSA) is 123 Å². The maximum atomic E-state index is 12.1. The van der Waals surface area contributed by atoms with Crippen LogP contribution in [0.25, 0.3) is 0 Å². The minimum atomic E-state index is -0.659.